The fourth-order valence-electron chi connectivity index (χ4n) is 3.49. The van der Waals surface area contributed by atoms with Gasteiger partial charge in [0, 0.05) is 11.6 Å². The molecular formula is C21H20O12. The van der Waals surface area contributed by atoms with Crippen molar-refractivity contribution in [1.29, 1.82) is 0 Å². The molecule has 0 saturated carbocycles. The van der Waals surface area contributed by atoms with Crippen LogP contribution in [-0.4, -0.2) is 78.2 Å². The Bertz CT molecular complexity index is 1230. The Morgan fingerprint density at radius 1 is 0.879 bits per heavy atom. The van der Waals surface area contributed by atoms with Crippen molar-refractivity contribution in [3.8, 4) is 40.1 Å². The predicted molar refractivity (Wildman–Crippen MR) is 109 cm³/mol. The molecule has 0 bridgehead atoms. The number of phenolic OH excluding ortho intramolecular Hbond substituents is 4. The molecule has 1 fully saturated rings. The SMILES string of the molecule is O=c1cc(-c2ccc(O)cc2)oc2c(O)c(O)c(OC3O[C@H](CO)[C@@H](O)[C@H](O)[C@H]3O)c(O)c12. The highest BCUT2D eigenvalue weighted by Crippen LogP contribution is 2.49. The number of aliphatic hydroxyl groups is 4. The molecule has 1 saturated heterocycles. The lowest BCUT2D eigenvalue weighted by Gasteiger charge is -2.39. The summed E-state index contributed by atoms with van der Waals surface area (Å²) in [6.45, 7) is -0.755. The van der Waals surface area contributed by atoms with Gasteiger partial charge in [-0.05, 0) is 24.3 Å². The van der Waals surface area contributed by atoms with Gasteiger partial charge in [0.1, 0.15) is 41.3 Å². The molecule has 0 aliphatic carbocycles. The first kappa shape index (κ1) is 22.6. The van der Waals surface area contributed by atoms with Crippen molar-refractivity contribution in [2.24, 2.45) is 0 Å². The van der Waals surface area contributed by atoms with Crippen LogP contribution in [0.25, 0.3) is 22.3 Å². The van der Waals surface area contributed by atoms with Crippen LogP contribution in [-0.2, 0) is 4.74 Å². The summed E-state index contributed by atoms with van der Waals surface area (Å²) < 4.78 is 15.9. The number of aliphatic hydroxyl groups excluding tert-OH is 4. The molecule has 8 N–H and O–H groups in total. The molecule has 1 aliphatic heterocycles. The van der Waals surface area contributed by atoms with Gasteiger partial charge in [0.15, 0.2) is 16.8 Å². The van der Waals surface area contributed by atoms with Crippen LogP contribution >= 0.6 is 0 Å². The van der Waals surface area contributed by atoms with Gasteiger partial charge in [-0.2, -0.15) is 0 Å². The minimum Gasteiger partial charge on any atom is -0.508 e. The molecule has 176 valence electrons. The fraction of sp³-hybridized carbons (Fsp3) is 0.286. The van der Waals surface area contributed by atoms with Gasteiger partial charge in [0.05, 0.1) is 6.61 Å². The van der Waals surface area contributed by atoms with Gasteiger partial charge in [0.25, 0.3) is 0 Å². The van der Waals surface area contributed by atoms with Crippen molar-refractivity contribution in [3.63, 3.8) is 0 Å². The van der Waals surface area contributed by atoms with Crippen molar-refractivity contribution >= 4 is 11.0 Å². The van der Waals surface area contributed by atoms with Crippen LogP contribution in [0.3, 0.4) is 0 Å². The number of aromatic hydroxyl groups is 4. The van der Waals surface area contributed by atoms with E-state index in [1.807, 2.05) is 0 Å². The second-order valence-electron chi connectivity index (χ2n) is 7.42. The van der Waals surface area contributed by atoms with E-state index in [9.17, 15) is 45.6 Å². The van der Waals surface area contributed by atoms with E-state index in [2.05, 4.69) is 0 Å². The molecule has 1 aliphatic rings. The lowest BCUT2D eigenvalue weighted by atomic mass is 9.99. The Morgan fingerprint density at radius 2 is 1.55 bits per heavy atom. The number of hydrogen-bond acceptors (Lipinski definition) is 12. The van der Waals surface area contributed by atoms with E-state index in [1.165, 1.54) is 24.3 Å². The molecule has 33 heavy (non-hydrogen) atoms. The highest BCUT2D eigenvalue weighted by atomic mass is 16.7. The molecule has 5 atom stereocenters. The molecule has 1 unspecified atom stereocenters. The van der Waals surface area contributed by atoms with Crippen LogP contribution in [0, 0.1) is 0 Å². The molecule has 0 spiro atoms. The molecule has 2 heterocycles. The third-order valence-electron chi connectivity index (χ3n) is 5.29. The third-order valence-corrected chi connectivity index (χ3v) is 5.29. The Balaban J connectivity index is 1.79. The lowest BCUT2D eigenvalue weighted by Crippen LogP contribution is -2.60. The van der Waals surface area contributed by atoms with Crippen LogP contribution in [0.1, 0.15) is 0 Å². The molecule has 4 rings (SSSR count). The average Bonchev–Trinajstić information content (AvgIpc) is 2.80. The number of rotatable bonds is 4. The number of fused-ring (bicyclic) bond motifs is 1. The Hall–Kier alpha value is -3.55. The van der Waals surface area contributed by atoms with E-state index in [0.717, 1.165) is 6.07 Å². The van der Waals surface area contributed by atoms with Crippen LogP contribution in [0.5, 0.6) is 28.7 Å². The van der Waals surface area contributed by atoms with Crippen molar-refractivity contribution in [2.45, 2.75) is 30.7 Å². The summed E-state index contributed by atoms with van der Waals surface area (Å²) in [6.07, 6.45) is -8.52. The van der Waals surface area contributed by atoms with E-state index in [1.54, 1.807) is 0 Å². The van der Waals surface area contributed by atoms with Gasteiger partial charge < -0.3 is 54.7 Å². The number of benzene rings is 2. The molecule has 0 amide bonds. The molecule has 0 radical (unpaired) electrons. The second-order valence-corrected chi connectivity index (χ2v) is 7.42. The van der Waals surface area contributed by atoms with Crippen molar-refractivity contribution in [1.82, 2.24) is 0 Å². The summed E-state index contributed by atoms with van der Waals surface area (Å²) in [5, 5.41) is 79.4. The van der Waals surface area contributed by atoms with Crippen LogP contribution in [0.15, 0.2) is 39.5 Å². The first-order chi connectivity index (χ1) is 15.6. The Labute approximate surface area is 184 Å². The number of ether oxygens (including phenoxy) is 2. The zero-order chi connectivity index (χ0) is 24.0. The summed E-state index contributed by atoms with van der Waals surface area (Å²) in [5.74, 6) is -3.93. The van der Waals surface area contributed by atoms with Gasteiger partial charge in [-0.1, -0.05) is 0 Å². The molecule has 2 aromatic carbocycles. The first-order valence-corrected chi connectivity index (χ1v) is 9.65. The van der Waals surface area contributed by atoms with Crippen LogP contribution < -0.4 is 10.2 Å². The maximum Gasteiger partial charge on any atom is 0.229 e. The highest BCUT2D eigenvalue weighted by molar-refractivity contribution is 5.94. The van der Waals surface area contributed by atoms with Gasteiger partial charge >= 0.3 is 0 Å². The maximum absolute atomic E-state index is 12.7. The zero-order valence-corrected chi connectivity index (χ0v) is 16.7. The maximum atomic E-state index is 12.7. The van der Waals surface area contributed by atoms with E-state index in [4.69, 9.17) is 13.9 Å². The van der Waals surface area contributed by atoms with E-state index in [0.29, 0.717) is 5.56 Å². The molecule has 1 aromatic heterocycles. The number of phenols is 4. The van der Waals surface area contributed by atoms with Crippen molar-refractivity contribution < 1.29 is 54.7 Å². The second kappa shape index (κ2) is 8.42. The molecule has 12 heteroatoms. The minimum absolute atomic E-state index is 0.0324. The van der Waals surface area contributed by atoms with Crippen LogP contribution in [0.2, 0.25) is 0 Å². The highest BCUT2D eigenvalue weighted by Gasteiger charge is 2.45. The third kappa shape index (κ3) is 3.79. The first-order valence-electron chi connectivity index (χ1n) is 9.65. The Morgan fingerprint density at radius 3 is 2.18 bits per heavy atom. The predicted octanol–water partition coefficient (Wildman–Crippen LogP) is -0.539. The standard InChI is InChI=1S/C21H20O12/c22-6-11-13(25)15(27)18(30)21(32-11)33-20-14(26)12-9(24)5-10(7-1-3-8(23)4-2-7)31-19(12)16(28)17(20)29/h1-5,11,13,15,18,21-23,25-30H,6H2/t11-,13-,15+,18-,21?/m1/s1. The Kier molecular flexibility index (Phi) is 5.78. The van der Waals surface area contributed by atoms with Gasteiger partial charge in [-0.3, -0.25) is 4.79 Å². The summed E-state index contributed by atoms with van der Waals surface area (Å²) in [7, 11) is 0. The smallest absolute Gasteiger partial charge is 0.229 e. The summed E-state index contributed by atoms with van der Waals surface area (Å²) >= 11 is 0. The number of hydrogen-bond donors (Lipinski definition) is 8. The van der Waals surface area contributed by atoms with Gasteiger partial charge in [-0.25, -0.2) is 0 Å². The quantitative estimate of drug-likeness (QED) is 0.181. The van der Waals surface area contributed by atoms with Crippen LogP contribution in [0.4, 0.5) is 0 Å². The normalized spacial score (nSPS) is 25.3. The topological polar surface area (TPSA) is 211 Å². The average molecular weight is 464 g/mol. The van der Waals surface area contributed by atoms with Gasteiger partial charge in [0.2, 0.25) is 23.5 Å². The zero-order valence-electron chi connectivity index (χ0n) is 16.7. The van der Waals surface area contributed by atoms with E-state index < -0.39 is 76.7 Å². The van der Waals surface area contributed by atoms with Gasteiger partial charge in [-0.15, -0.1) is 0 Å². The minimum atomic E-state index is -1.88. The lowest BCUT2D eigenvalue weighted by molar-refractivity contribution is -0.277. The van der Waals surface area contributed by atoms with E-state index >= 15 is 0 Å². The molecular weight excluding hydrogens is 444 g/mol. The monoisotopic (exact) mass is 464 g/mol. The summed E-state index contributed by atoms with van der Waals surface area (Å²) in [6, 6.07) is 6.56. The fourth-order valence-corrected chi connectivity index (χ4v) is 3.49. The van der Waals surface area contributed by atoms with E-state index in [-0.39, 0.29) is 11.5 Å². The largest absolute Gasteiger partial charge is 0.508 e. The molecule has 3 aromatic rings. The summed E-state index contributed by atoms with van der Waals surface area (Å²) in [4.78, 5) is 12.7. The van der Waals surface area contributed by atoms with Crippen molar-refractivity contribution in [2.75, 3.05) is 6.61 Å². The molecule has 12 nitrogen and oxygen atoms in total. The summed E-state index contributed by atoms with van der Waals surface area (Å²) in [5.41, 5.74) is -1.04. The van der Waals surface area contributed by atoms with Crippen molar-refractivity contribution in [3.05, 3.63) is 40.6 Å².